The third-order valence-electron chi connectivity index (χ3n) is 5.95. The topological polar surface area (TPSA) is 84.0 Å². The molecule has 2 aliphatic rings. The summed E-state index contributed by atoms with van der Waals surface area (Å²) in [5.74, 6) is -2.00. The molecular formula is C23H25FN2O5S. The van der Waals surface area contributed by atoms with E-state index in [1.807, 2.05) is 12.1 Å². The van der Waals surface area contributed by atoms with Gasteiger partial charge >= 0.3 is 5.97 Å². The molecule has 1 saturated heterocycles. The summed E-state index contributed by atoms with van der Waals surface area (Å²) in [6, 6.07) is 11.1. The van der Waals surface area contributed by atoms with Crippen molar-refractivity contribution in [3.63, 3.8) is 0 Å². The molecule has 9 heteroatoms. The van der Waals surface area contributed by atoms with Crippen LogP contribution >= 0.6 is 0 Å². The Labute approximate surface area is 186 Å². The van der Waals surface area contributed by atoms with Gasteiger partial charge in [0.05, 0.1) is 0 Å². The van der Waals surface area contributed by atoms with Gasteiger partial charge in [-0.15, -0.1) is 0 Å². The van der Waals surface area contributed by atoms with Crippen molar-refractivity contribution in [1.82, 2.24) is 9.21 Å². The van der Waals surface area contributed by atoms with E-state index in [-0.39, 0.29) is 18.9 Å². The molecule has 32 heavy (non-hydrogen) atoms. The largest absolute Gasteiger partial charge is 0.454 e. The molecule has 2 aromatic rings. The molecule has 0 N–H and O–H groups in total. The number of fused-ring (bicyclic) bond motifs is 1. The molecule has 0 aromatic heterocycles. The molecule has 1 fully saturated rings. The maximum absolute atomic E-state index is 14.4. The minimum atomic E-state index is -4.33. The number of nitrogens with zero attached hydrogens (tertiary/aromatic N) is 2. The van der Waals surface area contributed by atoms with Crippen molar-refractivity contribution in [1.29, 1.82) is 0 Å². The van der Waals surface area contributed by atoms with E-state index in [0.717, 1.165) is 40.8 Å². The van der Waals surface area contributed by atoms with Crippen LogP contribution in [0.1, 0.15) is 30.4 Å². The van der Waals surface area contributed by atoms with Crippen LogP contribution < -0.4 is 0 Å². The van der Waals surface area contributed by atoms with Gasteiger partial charge in [0.25, 0.3) is 5.91 Å². The lowest BCUT2D eigenvalue weighted by Gasteiger charge is -2.34. The fourth-order valence-corrected chi connectivity index (χ4v) is 5.82. The lowest BCUT2D eigenvalue weighted by molar-refractivity contribution is -0.155. The standard InChI is InChI=1S/C23H25FN2O5S/c24-19-10-4-5-11-21(19)32(29,30)26-15-18-9-3-2-8-17(18)14-20(26)23(28)31-16-22(27)25-12-6-1-7-13-25/h2-5,8-11,20H,1,6-7,12-16H2. The normalized spacial score (nSPS) is 19.3. The van der Waals surface area contributed by atoms with E-state index in [4.69, 9.17) is 4.74 Å². The molecule has 1 atom stereocenters. The highest BCUT2D eigenvalue weighted by atomic mass is 32.2. The van der Waals surface area contributed by atoms with Crippen LogP contribution in [-0.2, 0) is 37.3 Å². The molecule has 0 spiro atoms. The second-order valence-corrected chi connectivity index (χ2v) is 9.88. The van der Waals surface area contributed by atoms with E-state index in [1.54, 1.807) is 17.0 Å². The molecule has 7 nitrogen and oxygen atoms in total. The lowest BCUT2D eigenvalue weighted by Crippen LogP contribution is -2.50. The van der Waals surface area contributed by atoms with Gasteiger partial charge in [-0.3, -0.25) is 9.59 Å². The Morgan fingerprint density at radius 3 is 2.34 bits per heavy atom. The predicted octanol–water partition coefficient (Wildman–Crippen LogP) is 2.50. The van der Waals surface area contributed by atoms with Crippen LogP contribution in [0.15, 0.2) is 53.4 Å². The van der Waals surface area contributed by atoms with Gasteiger partial charge < -0.3 is 9.64 Å². The first-order valence-electron chi connectivity index (χ1n) is 10.7. The number of rotatable bonds is 5. The quantitative estimate of drug-likeness (QED) is 0.641. The van der Waals surface area contributed by atoms with Crippen molar-refractivity contribution >= 4 is 21.9 Å². The average molecular weight is 461 g/mol. The zero-order valence-corrected chi connectivity index (χ0v) is 18.4. The number of piperidine rings is 1. The summed E-state index contributed by atoms with van der Waals surface area (Å²) in [6.07, 6.45) is 2.97. The number of esters is 1. The molecule has 1 unspecified atom stereocenters. The maximum Gasteiger partial charge on any atom is 0.325 e. The second kappa shape index (κ2) is 9.38. The fourth-order valence-electron chi connectivity index (χ4n) is 4.20. The molecule has 2 aromatic carbocycles. The van der Waals surface area contributed by atoms with Crippen LogP contribution in [0, 0.1) is 5.82 Å². The van der Waals surface area contributed by atoms with Gasteiger partial charge in [0.2, 0.25) is 10.0 Å². The Morgan fingerprint density at radius 1 is 0.969 bits per heavy atom. The van der Waals surface area contributed by atoms with Gasteiger partial charge in [-0.1, -0.05) is 36.4 Å². The van der Waals surface area contributed by atoms with E-state index in [1.165, 1.54) is 18.2 Å². The van der Waals surface area contributed by atoms with Crippen molar-refractivity contribution in [2.45, 2.75) is 43.2 Å². The van der Waals surface area contributed by atoms with E-state index in [0.29, 0.717) is 13.1 Å². The van der Waals surface area contributed by atoms with Crippen molar-refractivity contribution < 1.29 is 27.1 Å². The molecule has 2 aliphatic heterocycles. The number of amides is 1. The highest BCUT2D eigenvalue weighted by Gasteiger charge is 2.41. The molecule has 0 aliphatic carbocycles. The van der Waals surface area contributed by atoms with Gasteiger partial charge in [0.15, 0.2) is 6.61 Å². The average Bonchev–Trinajstić information content (AvgIpc) is 2.82. The number of benzene rings is 2. The summed E-state index contributed by atoms with van der Waals surface area (Å²) in [5.41, 5.74) is 1.55. The molecule has 4 rings (SSSR count). The van der Waals surface area contributed by atoms with Crippen LogP contribution in [0.2, 0.25) is 0 Å². The minimum Gasteiger partial charge on any atom is -0.454 e. The van der Waals surface area contributed by atoms with Gasteiger partial charge in [-0.05, 0) is 42.5 Å². The van der Waals surface area contributed by atoms with Gasteiger partial charge in [-0.25, -0.2) is 12.8 Å². The highest BCUT2D eigenvalue weighted by Crippen LogP contribution is 2.30. The monoisotopic (exact) mass is 460 g/mol. The predicted molar refractivity (Wildman–Crippen MR) is 114 cm³/mol. The first-order valence-corrected chi connectivity index (χ1v) is 12.1. The van der Waals surface area contributed by atoms with Crippen LogP contribution in [0.25, 0.3) is 0 Å². The SMILES string of the molecule is O=C(OCC(=O)N1CCCCC1)C1Cc2ccccc2CN1S(=O)(=O)c1ccccc1F. The van der Waals surface area contributed by atoms with Gasteiger partial charge in [-0.2, -0.15) is 4.31 Å². The van der Waals surface area contributed by atoms with Crippen LogP contribution in [0.5, 0.6) is 0 Å². The summed E-state index contributed by atoms with van der Waals surface area (Å²) in [7, 11) is -4.33. The summed E-state index contributed by atoms with van der Waals surface area (Å²) in [6.45, 7) is 0.721. The summed E-state index contributed by atoms with van der Waals surface area (Å²) >= 11 is 0. The number of hydrogen-bond donors (Lipinski definition) is 0. The molecular weight excluding hydrogens is 435 g/mol. The van der Waals surface area contributed by atoms with Crippen molar-refractivity contribution in [2.75, 3.05) is 19.7 Å². The van der Waals surface area contributed by atoms with E-state index >= 15 is 0 Å². The van der Waals surface area contributed by atoms with Crippen LogP contribution in [-0.4, -0.2) is 55.2 Å². The number of ether oxygens (including phenoxy) is 1. The number of hydrogen-bond acceptors (Lipinski definition) is 5. The number of halogens is 1. The highest BCUT2D eigenvalue weighted by molar-refractivity contribution is 7.89. The smallest absolute Gasteiger partial charge is 0.325 e. The van der Waals surface area contributed by atoms with E-state index in [2.05, 4.69) is 0 Å². The number of sulfonamides is 1. The van der Waals surface area contributed by atoms with Crippen LogP contribution in [0.4, 0.5) is 4.39 Å². The van der Waals surface area contributed by atoms with Crippen molar-refractivity contribution in [3.8, 4) is 0 Å². The molecule has 0 bridgehead atoms. The zero-order valence-electron chi connectivity index (χ0n) is 17.6. The molecule has 1 amide bonds. The number of likely N-dealkylation sites (tertiary alicyclic amines) is 1. The molecule has 170 valence electrons. The van der Waals surface area contributed by atoms with E-state index in [9.17, 15) is 22.4 Å². The summed E-state index contributed by atoms with van der Waals surface area (Å²) < 4.78 is 47.2. The second-order valence-electron chi connectivity index (χ2n) is 8.02. The Hall–Kier alpha value is -2.78. The third kappa shape index (κ3) is 4.54. The third-order valence-corrected chi connectivity index (χ3v) is 7.84. The van der Waals surface area contributed by atoms with E-state index < -0.39 is 39.4 Å². The molecule has 2 heterocycles. The summed E-state index contributed by atoms with van der Waals surface area (Å²) in [5, 5.41) is 0. The fraction of sp³-hybridized carbons (Fsp3) is 0.391. The van der Waals surface area contributed by atoms with Crippen LogP contribution in [0.3, 0.4) is 0 Å². The Kier molecular flexibility index (Phi) is 6.57. The first kappa shape index (κ1) is 22.4. The zero-order chi connectivity index (χ0) is 22.7. The van der Waals surface area contributed by atoms with Crippen molar-refractivity contribution in [3.05, 3.63) is 65.5 Å². The lowest BCUT2D eigenvalue weighted by atomic mass is 9.96. The Morgan fingerprint density at radius 2 is 1.62 bits per heavy atom. The van der Waals surface area contributed by atoms with Gasteiger partial charge in [0, 0.05) is 26.1 Å². The minimum absolute atomic E-state index is 0.0839. The number of carbonyl (C=O) groups excluding carboxylic acids is 2. The first-order chi connectivity index (χ1) is 15.4. The van der Waals surface area contributed by atoms with Gasteiger partial charge in [0.1, 0.15) is 16.8 Å². The van der Waals surface area contributed by atoms with Crippen molar-refractivity contribution in [2.24, 2.45) is 0 Å². The molecule has 0 radical (unpaired) electrons. The molecule has 0 saturated carbocycles. The Bertz CT molecular complexity index is 1110. The summed E-state index contributed by atoms with van der Waals surface area (Å²) in [4.78, 5) is 26.5. The number of carbonyl (C=O) groups is 2. The maximum atomic E-state index is 14.4. The Balaban J connectivity index is 1.58.